The summed E-state index contributed by atoms with van der Waals surface area (Å²) in [6, 6.07) is 9.73. The van der Waals surface area contributed by atoms with E-state index in [1.165, 1.54) is 6.92 Å². The van der Waals surface area contributed by atoms with E-state index < -0.39 is 0 Å². The Balaban J connectivity index is 0.00000264. The molecule has 2 rings (SSSR count). The monoisotopic (exact) mass is 339 g/mol. The minimum Gasteiger partial charge on any atom is -0.356 e. The highest BCUT2D eigenvalue weighted by molar-refractivity contribution is 5.85. The molecule has 0 aliphatic carbocycles. The summed E-state index contributed by atoms with van der Waals surface area (Å²) >= 11 is 0. The Morgan fingerprint density at radius 1 is 1.26 bits per heavy atom. The molecule has 0 spiro atoms. The molecule has 1 aliphatic rings. The second kappa shape index (κ2) is 9.53. The summed E-state index contributed by atoms with van der Waals surface area (Å²) in [6.45, 7) is 4.05. The number of nitrogens with zero attached hydrogens (tertiary/aromatic N) is 1. The number of halogens is 1. The number of carbonyl (C=O) groups is 2. The van der Waals surface area contributed by atoms with Gasteiger partial charge in [-0.25, -0.2) is 0 Å². The number of hydrogen-bond acceptors (Lipinski definition) is 3. The van der Waals surface area contributed by atoms with Crippen molar-refractivity contribution in [1.82, 2.24) is 10.2 Å². The van der Waals surface area contributed by atoms with Gasteiger partial charge in [0.2, 0.25) is 11.8 Å². The van der Waals surface area contributed by atoms with E-state index in [-0.39, 0.29) is 30.1 Å². The smallest absolute Gasteiger partial charge is 0.231 e. The maximum absolute atomic E-state index is 12.7. The molecule has 2 amide bonds. The molecule has 0 radical (unpaired) electrons. The Labute approximate surface area is 144 Å². The molecule has 23 heavy (non-hydrogen) atoms. The van der Waals surface area contributed by atoms with Crippen LogP contribution in [0, 0.1) is 5.92 Å². The second-order valence-corrected chi connectivity index (χ2v) is 5.90. The van der Waals surface area contributed by atoms with Crippen LogP contribution in [-0.2, 0) is 9.59 Å². The largest absolute Gasteiger partial charge is 0.356 e. The first-order chi connectivity index (χ1) is 10.6. The van der Waals surface area contributed by atoms with E-state index in [0.29, 0.717) is 19.0 Å². The average Bonchev–Trinajstić information content (AvgIpc) is 2.55. The first-order valence-corrected chi connectivity index (χ1v) is 7.90. The summed E-state index contributed by atoms with van der Waals surface area (Å²) in [5.74, 6) is 0.326. The molecule has 1 aromatic carbocycles. The van der Waals surface area contributed by atoms with Gasteiger partial charge in [-0.3, -0.25) is 9.59 Å². The molecule has 5 nitrogen and oxygen atoms in total. The third-order valence-corrected chi connectivity index (χ3v) is 4.30. The molecule has 1 fully saturated rings. The van der Waals surface area contributed by atoms with Crippen molar-refractivity contribution in [3.8, 4) is 0 Å². The maximum Gasteiger partial charge on any atom is 0.231 e. The normalized spacial score (nSPS) is 16.3. The van der Waals surface area contributed by atoms with E-state index in [0.717, 1.165) is 31.5 Å². The van der Waals surface area contributed by atoms with Crippen molar-refractivity contribution < 1.29 is 9.59 Å². The Morgan fingerprint density at radius 2 is 1.87 bits per heavy atom. The van der Waals surface area contributed by atoms with Gasteiger partial charge in [-0.1, -0.05) is 30.3 Å². The lowest BCUT2D eigenvalue weighted by atomic mass is 9.93. The molecule has 1 unspecified atom stereocenters. The van der Waals surface area contributed by atoms with Crippen molar-refractivity contribution in [2.45, 2.75) is 25.7 Å². The van der Waals surface area contributed by atoms with Crippen LogP contribution in [0.1, 0.15) is 31.2 Å². The van der Waals surface area contributed by atoms with E-state index in [1.54, 1.807) is 0 Å². The number of piperidine rings is 1. The summed E-state index contributed by atoms with van der Waals surface area (Å²) < 4.78 is 0. The fourth-order valence-corrected chi connectivity index (χ4v) is 2.93. The van der Waals surface area contributed by atoms with Crippen molar-refractivity contribution in [3.05, 3.63) is 35.9 Å². The summed E-state index contributed by atoms with van der Waals surface area (Å²) in [4.78, 5) is 25.5. The molecule has 1 heterocycles. The predicted octanol–water partition coefficient (Wildman–Crippen LogP) is 1.53. The lowest BCUT2D eigenvalue weighted by Crippen LogP contribution is -2.44. The van der Waals surface area contributed by atoms with Crippen molar-refractivity contribution in [1.29, 1.82) is 0 Å². The lowest BCUT2D eigenvalue weighted by molar-refractivity contribution is -0.134. The van der Waals surface area contributed by atoms with Crippen molar-refractivity contribution in [2.24, 2.45) is 11.7 Å². The van der Waals surface area contributed by atoms with Gasteiger partial charge in [-0.05, 0) is 24.3 Å². The van der Waals surface area contributed by atoms with Crippen LogP contribution < -0.4 is 11.1 Å². The van der Waals surface area contributed by atoms with Gasteiger partial charge in [0.25, 0.3) is 0 Å². The fourth-order valence-electron chi connectivity index (χ4n) is 2.93. The van der Waals surface area contributed by atoms with E-state index in [1.807, 2.05) is 35.2 Å². The van der Waals surface area contributed by atoms with Crippen LogP contribution >= 0.6 is 12.4 Å². The molecule has 6 heteroatoms. The van der Waals surface area contributed by atoms with Crippen molar-refractivity contribution in [2.75, 3.05) is 26.2 Å². The van der Waals surface area contributed by atoms with Crippen molar-refractivity contribution >= 4 is 24.2 Å². The Kier molecular flexibility index (Phi) is 8.06. The predicted molar refractivity (Wildman–Crippen MR) is 93.5 cm³/mol. The van der Waals surface area contributed by atoms with Crippen LogP contribution in [0.2, 0.25) is 0 Å². The number of nitrogens with two attached hydrogens (primary N) is 1. The number of amides is 2. The third kappa shape index (κ3) is 5.52. The van der Waals surface area contributed by atoms with Gasteiger partial charge in [0, 0.05) is 33.1 Å². The Hall–Kier alpha value is -1.59. The first kappa shape index (κ1) is 19.5. The molecular formula is C17H26ClN3O2. The van der Waals surface area contributed by atoms with Gasteiger partial charge < -0.3 is 16.0 Å². The van der Waals surface area contributed by atoms with Crippen LogP contribution in [0.15, 0.2) is 30.3 Å². The minimum atomic E-state index is -0.256. The number of hydrogen-bond donors (Lipinski definition) is 2. The zero-order valence-corrected chi connectivity index (χ0v) is 14.3. The molecule has 1 aromatic rings. The van der Waals surface area contributed by atoms with Crippen LogP contribution in [0.5, 0.6) is 0 Å². The van der Waals surface area contributed by atoms with E-state index >= 15 is 0 Å². The number of rotatable bonds is 5. The highest BCUT2D eigenvalue weighted by Gasteiger charge is 2.28. The van der Waals surface area contributed by atoms with E-state index in [4.69, 9.17) is 5.73 Å². The maximum atomic E-state index is 12.7. The molecule has 1 atom stereocenters. The lowest BCUT2D eigenvalue weighted by Gasteiger charge is -2.34. The SMILES string of the molecule is CC(=O)NCC1CCN(C(=O)C(CN)c2ccccc2)CC1.Cl. The van der Waals surface area contributed by atoms with Gasteiger partial charge >= 0.3 is 0 Å². The van der Waals surface area contributed by atoms with Crippen LogP contribution in [-0.4, -0.2) is 42.9 Å². The highest BCUT2D eigenvalue weighted by Crippen LogP contribution is 2.22. The highest BCUT2D eigenvalue weighted by atomic mass is 35.5. The summed E-state index contributed by atoms with van der Waals surface area (Å²) in [7, 11) is 0. The van der Waals surface area contributed by atoms with Gasteiger partial charge in [-0.15, -0.1) is 12.4 Å². The first-order valence-electron chi connectivity index (χ1n) is 7.90. The summed E-state index contributed by atoms with van der Waals surface area (Å²) in [6.07, 6.45) is 1.86. The Bertz CT molecular complexity index is 502. The molecule has 0 aromatic heterocycles. The van der Waals surface area contributed by atoms with E-state index in [9.17, 15) is 9.59 Å². The number of benzene rings is 1. The average molecular weight is 340 g/mol. The fraction of sp³-hybridized carbons (Fsp3) is 0.529. The van der Waals surface area contributed by atoms with Crippen LogP contribution in [0.4, 0.5) is 0 Å². The zero-order chi connectivity index (χ0) is 15.9. The van der Waals surface area contributed by atoms with Crippen molar-refractivity contribution in [3.63, 3.8) is 0 Å². The zero-order valence-electron chi connectivity index (χ0n) is 13.5. The number of likely N-dealkylation sites (tertiary alicyclic amines) is 1. The second-order valence-electron chi connectivity index (χ2n) is 5.90. The van der Waals surface area contributed by atoms with Crippen LogP contribution in [0.25, 0.3) is 0 Å². The molecule has 3 N–H and O–H groups in total. The minimum absolute atomic E-state index is 0. The van der Waals surface area contributed by atoms with E-state index in [2.05, 4.69) is 5.32 Å². The van der Waals surface area contributed by atoms with Gasteiger partial charge in [0.15, 0.2) is 0 Å². The van der Waals surface area contributed by atoms with Crippen LogP contribution in [0.3, 0.4) is 0 Å². The quantitative estimate of drug-likeness (QED) is 0.854. The third-order valence-electron chi connectivity index (χ3n) is 4.30. The standard InChI is InChI=1S/C17H25N3O2.ClH/c1-13(21)19-12-14-7-9-20(10-8-14)17(22)16(11-18)15-5-3-2-4-6-15;/h2-6,14,16H,7-12,18H2,1H3,(H,19,21);1H. The molecule has 0 bridgehead atoms. The number of carbonyl (C=O) groups excluding carboxylic acids is 2. The summed E-state index contributed by atoms with van der Waals surface area (Å²) in [5.41, 5.74) is 6.81. The molecule has 128 valence electrons. The molecule has 1 aliphatic heterocycles. The van der Waals surface area contributed by atoms with Gasteiger partial charge in [-0.2, -0.15) is 0 Å². The molecule has 0 saturated carbocycles. The molecule has 1 saturated heterocycles. The Morgan fingerprint density at radius 3 is 2.39 bits per heavy atom. The number of nitrogens with one attached hydrogen (secondary N) is 1. The summed E-state index contributed by atoms with van der Waals surface area (Å²) in [5, 5.41) is 2.86. The topological polar surface area (TPSA) is 75.4 Å². The van der Waals surface area contributed by atoms with Gasteiger partial charge in [0.05, 0.1) is 5.92 Å². The van der Waals surface area contributed by atoms with Gasteiger partial charge in [0.1, 0.15) is 0 Å². The molecular weight excluding hydrogens is 314 g/mol.